The summed E-state index contributed by atoms with van der Waals surface area (Å²) in [5.41, 5.74) is 0. The summed E-state index contributed by atoms with van der Waals surface area (Å²) >= 11 is 0. The van der Waals surface area contributed by atoms with E-state index < -0.39 is 11.6 Å². The van der Waals surface area contributed by atoms with E-state index in [-0.39, 0.29) is 36.6 Å². The molecule has 2 heterocycles. The third kappa shape index (κ3) is 2.19. The number of rotatable bonds is 2. The Kier molecular flexibility index (Phi) is 3.40. The molecule has 3 fully saturated rings. The molecule has 0 aromatic heterocycles. The van der Waals surface area contributed by atoms with Crippen molar-refractivity contribution in [1.82, 2.24) is 0 Å². The number of ether oxygens (including phenoxy) is 6. The molecule has 0 aromatic rings. The normalized spacial score (nSPS) is 48.9. The second kappa shape index (κ2) is 4.63. The van der Waals surface area contributed by atoms with Gasteiger partial charge in [0.25, 0.3) is 0 Å². The molecule has 116 valence electrons. The highest BCUT2D eigenvalue weighted by Gasteiger charge is 2.63. The maximum Gasteiger partial charge on any atom is 0.164 e. The van der Waals surface area contributed by atoms with E-state index in [1.807, 2.05) is 27.7 Å². The Morgan fingerprint density at radius 2 is 0.850 bits per heavy atom. The summed E-state index contributed by atoms with van der Waals surface area (Å²) in [6, 6.07) is 0. The van der Waals surface area contributed by atoms with Gasteiger partial charge in [0, 0.05) is 14.2 Å². The zero-order valence-corrected chi connectivity index (χ0v) is 12.9. The molecule has 0 bridgehead atoms. The van der Waals surface area contributed by atoms with Gasteiger partial charge in [-0.25, -0.2) is 0 Å². The van der Waals surface area contributed by atoms with E-state index in [2.05, 4.69) is 0 Å². The molecule has 6 nitrogen and oxygen atoms in total. The summed E-state index contributed by atoms with van der Waals surface area (Å²) in [7, 11) is 3.32. The van der Waals surface area contributed by atoms with Gasteiger partial charge in [0.1, 0.15) is 36.6 Å². The van der Waals surface area contributed by atoms with E-state index in [4.69, 9.17) is 28.4 Å². The Bertz CT molecular complexity index is 318. The van der Waals surface area contributed by atoms with Crippen molar-refractivity contribution in [2.24, 2.45) is 0 Å². The lowest BCUT2D eigenvalue weighted by molar-refractivity contribution is -0.186. The number of fused-ring (bicyclic) bond motifs is 2. The van der Waals surface area contributed by atoms with Gasteiger partial charge in [-0.15, -0.1) is 0 Å². The molecule has 20 heavy (non-hydrogen) atoms. The lowest BCUT2D eigenvalue weighted by Gasteiger charge is -2.41. The van der Waals surface area contributed by atoms with Gasteiger partial charge < -0.3 is 28.4 Å². The van der Waals surface area contributed by atoms with E-state index in [0.717, 1.165) is 0 Å². The molecular weight excluding hydrogens is 264 g/mol. The minimum atomic E-state index is -0.656. The van der Waals surface area contributed by atoms with E-state index >= 15 is 0 Å². The van der Waals surface area contributed by atoms with E-state index in [9.17, 15) is 0 Å². The Balaban J connectivity index is 1.93. The van der Waals surface area contributed by atoms with Crippen LogP contribution in [0.3, 0.4) is 0 Å². The molecule has 1 saturated carbocycles. The molecule has 6 heteroatoms. The monoisotopic (exact) mass is 288 g/mol. The van der Waals surface area contributed by atoms with Crippen molar-refractivity contribution in [3.8, 4) is 0 Å². The van der Waals surface area contributed by atoms with Crippen LogP contribution in [0.5, 0.6) is 0 Å². The predicted molar refractivity (Wildman–Crippen MR) is 69.2 cm³/mol. The third-order valence-electron chi connectivity index (χ3n) is 4.17. The van der Waals surface area contributed by atoms with Crippen LogP contribution in [-0.2, 0) is 28.4 Å². The number of hydrogen-bond donors (Lipinski definition) is 0. The van der Waals surface area contributed by atoms with Crippen LogP contribution in [0.2, 0.25) is 0 Å². The Morgan fingerprint density at radius 3 is 1.05 bits per heavy atom. The Hall–Kier alpha value is -0.240. The van der Waals surface area contributed by atoms with Gasteiger partial charge >= 0.3 is 0 Å². The highest BCUT2D eigenvalue weighted by molar-refractivity contribution is 5.08. The van der Waals surface area contributed by atoms with Crippen LogP contribution in [0.15, 0.2) is 0 Å². The fraction of sp³-hybridized carbons (Fsp3) is 1.00. The topological polar surface area (TPSA) is 55.4 Å². The first-order valence-corrected chi connectivity index (χ1v) is 7.05. The van der Waals surface area contributed by atoms with Crippen LogP contribution in [0, 0.1) is 0 Å². The van der Waals surface area contributed by atoms with Gasteiger partial charge in [-0.3, -0.25) is 0 Å². The van der Waals surface area contributed by atoms with Gasteiger partial charge in [0.2, 0.25) is 0 Å². The van der Waals surface area contributed by atoms with Gasteiger partial charge in [-0.1, -0.05) is 0 Å². The first-order chi connectivity index (χ1) is 9.28. The lowest BCUT2D eigenvalue weighted by atomic mass is 9.85. The van der Waals surface area contributed by atoms with Crippen molar-refractivity contribution in [2.75, 3.05) is 14.2 Å². The van der Waals surface area contributed by atoms with Crippen LogP contribution >= 0.6 is 0 Å². The fourth-order valence-electron chi connectivity index (χ4n) is 3.56. The van der Waals surface area contributed by atoms with E-state index in [1.54, 1.807) is 14.2 Å². The molecule has 2 aliphatic heterocycles. The maximum atomic E-state index is 6.00. The predicted octanol–water partition coefficient (Wildman–Crippen LogP) is 1.07. The minimum absolute atomic E-state index is 0.223. The van der Waals surface area contributed by atoms with Crippen LogP contribution < -0.4 is 0 Å². The van der Waals surface area contributed by atoms with Gasteiger partial charge in [0.05, 0.1) is 0 Å². The molecule has 2 unspecified atom stereocenters. The second-order valence-electron chi connectivity index (χ2n) is 6.53. The highest BCUT2D eigenvalue weighted by atomic mass is 16.8. The molecule has 3 aliphatic rings. The summed E-state index contributed by atoms with van der Waals surface area (Å²) in [5, 5.41) is 0. The molecule has 0 N–H and O–H groups in total. The number of hydrogen-bond acceptors (Lipinski definition) is 6. The molecule has 1 aliphatic carbocycles. The van der Waals surface area contributed by atoms with Crippen molar-refractivity contribution in [1.29, 1.82) is 0 Å². The summed E-state index contributed by atoms with van der Waals surface area (Å²) in [4.78, 5) is 0. The van der Waals surface area contributed by atoms with E-state index in [0.29, 0.717) is 0 Å². The molecule has 0 radical (unpaired) electrons. The molecule has 3 rings (SSSR count). The van der Waals surface area contributed by atoms with Crippen LogP contribution in [0.25, 0.3) is 0 Å². The summed E-state index contributed by atoms with van der Waals surface area (Å²) < 4.78 is 35.3. The lowest BCUT2D eigenvalue weighted by Crippen LogP contribution is -2.62. The Labute approximate surface area is 119 Å². The number of methoxy groups -OCH3 is 2. The van der Waals surface area contributed by atoms with Gasteiger partial charge in [-0.05, 0) is 27.7 Å². The van der Waals surface area contributed by atoms with Crippen LogP contribution in [0.1, 0.15) is 27.7 Å². The van der Waals surface area contributed by atoms with Crippen LogP contribution in [-0.4, -0.2) is 62.4 Å². The fourth-order valence-corrected chi connectivity index (χ4v) is 3.56. The first-order valence-electron chi connectivity index (χ1n) is 7.05. The summed E-state index contributed by atoms with van der Waals surface area (Å²) in [6.45, 7) is 7.58. The smallest absolute Gasteiger partial charge is 0.164 e. The third-order valence-corrected chi connectivity index (χ3v) is 4.17. The second-order valence-corrected chi connectivity index (χ2v) is 6.53. The van der Waals surface area contributed by atoms with Crippen molar-refractivity contribution in [3.63, 3.8) is 0 Å². The molecular formula is C14H24O6. The Morgan fingerprint density at radius 1 is 0.600 bits per heavy atom. The van der Waals surface area contributed by atoms with Crippen molar-refractivity contribution >= 4 is 0 Å². The largest absolute Gasteiger partial charge is 0.376 e. The molecule has 2 saturated heterocycles. The molecule has 0 spiro atoms. The van der Waals surface area contributed by atoms with Crippen molar-refractivity contribution < 1.29 is 28.4 Å². The standard InChI is InChI=1S/C14H24O6/c1-13(2)17-9-7(15-5)11-12(20-14(3,4)19-11)8(16-6)10(9)18-13/h7-12H,1-6H3/t7?,8?,9-,10-,11+,12+. The van der Waals surface area contributed by atoms with Crippen molar-refractivity contribution in [2.45, 2.75) is 75.9 Å². The average molecular weight is 288 g/mol. The molecule has 6 atom stereocenters. The van der Waals surface area contributed by atoms with Crippen molar-refractivity contribution in [3.05, 3.63) is 0 Å². The summed E-state index contributed by atoms with van der Waals surface area (Å²) in [6.07, 6.45) is -1.37. The zero-order chi connectivity index (χ0) is 14.7. The van der Waals surface area contributed by atoms with E-state index in [1.165, 1.54) is 0 Å². The SMILES string of the molecule is COC1[C@H]2OC(C)(C)O[C@@H]2C(OC)[C@@H]2OC(C)(C)O[C@@H]12. The van der Waals surface area contributed by atoms with Gasteiger partial charge in [0.15, 0.2) is 11.6 Å². The van der Waals surface area contributed by atoms with Gasteiger partial charge in [-0.2, -0.15) is 0 Å². The maximum absolute atomic E-state index is 6.00. The summed E-state index contributed by atoms with van der Waals surface area (Å²) in [5.74, 6) is -1.31. The molecule has 0 amide bonds. The quantitative estimate of drug-likeness (QED) is 0.757. The first kappa shape index (κ1) is 14.7. The highest BCUT2D eigenvalue weighted by Crippen LogP contribution is 2.45. The molecule has 0 aromatic carbocycles. The minimum Gasteiger partial charge on any atom is -0.376 e. The average Bonchev–Trinajstić information content (AvgIpc) is 2.80. The van der Waals surface area contributed by atoms with Crippen LogP contribution in [0.4, 0.5) is 0 Å². The zero-order valence-electron chi connectivity index (χ0n) is 12.9.